The minimum Gasteiger partial charge on any atom is -0.334 e. The fourth-order valence-corrected chi connectivity index (χ4v) is 2.92. The molecule has 2 unspecified atom stereocenters. The summed E-state index contributed by atoms with van der Waals surface area (Å²) < 4.78 is 0. The molecule has 3 nitrogen and oxygen atoms in total. The molecule has 0 bridgehead atoms. The van der Waals surface area contributed by atoms with Gasteiger partial charge in [-0.3, -0.25) is 4.79 Å². The summed E-state index contributed by atoms with van der Waals surface area (Å²) in [7, 11) is 0. The summed E-state index contributed by atoms with van der Waals surface area (Å²) in [4.78, 5) is 18.1. The lowest BCUT2D eigenvalue weighted by atomic mass is 10.1. The normalized spacial score (nSPS) is 22.8. The molecule has 0 aromatic carbocycles. The van der Waals surface area contributed by atoms with Gasteiger partial charge in [0.05, 0.1) is 16.7 Å². The number of aryl methyl sites for hydroxylation is 1. The van der Waals surface area contributed by atoms with Crippen molar-refractivity contribution < 1.29 is 4.79 Å². The van der Waals surface area contributed by atoms with E-state index in [1.165, 1.54) is 0 Å². The topological polar surface area (TPSA) is 33.2 Å². The first kappa shape index (κ1) is 11.9. The molecule has 1 aromatic heterocycles. The number of alkyl halides is 1. The average molecular weight is 259 g/mol. The summed E-state index contributed by atoms with van der Waals surface area (Å²) in [6.07, 6.45) is 0.580. The van der Waals surface area contributed by atoms with Crippen LogP contribution < -0.4 is 0 Å². The van der Waals surface area contributed by atoms with Crippen molar-refractivity contribution in [2.45, 2.75) is 26.3 Å². The van der Waals surface area contributed by atoms with Gasteiger partial charge in [0.1, 0.15) is 0 Å². The third-order valence-electron chi connectivity index (χ3n) is 2.99. The molecule has 16 heavy (non-hydrogen) atoms. The maximum Gasteiger partial charge on any atom is 0.223 e. The number of amides is 1. The van der Waals surface area contributed by atoms with Crippen LogP contribution in [0.25, 0.3) is 0 Å². The summed E-state index contributed by atoms with van der Waals surface area (Å²) in [5.74, 6) is 1.06. The first-order valence-corrected chi connectivity index (χ1v) is 6.80. The van der Waals surface area contributed by atoms with E-state index >= 15 is 0 Å². The molecule has 1 fully saturated rings. The largest absolute Gasteiger partial charge is 0.334 e. The molecule has 1 aliphatic rings. The van der Waals surface area contributed by atoms with Gasteiger partial charge in [0.15, 0.2) is 0 Å². The molecular weight excluding hydrogens is 244 g/mol. The van der Waals surface area contributed by atoms with Crippen molar-refractivity contribution >= 4 is 28.8 Å². The highest BCUT2D eigenvalue weighted by Crippen LogP contribution is 2.29. The zero-order valence-corrected chi connectivity index (χ0v) is 11.0. The summed E-state index contributed by atoms with van der Waals surface area (Å²) in [6, 6.07) is 0.0747. The standard InChI is InChI=1S/C11H15ClN2OS/c1-7(10-6-16-8(2)13-10)14-5-9(4-12)3-11(14)15/h6-7,9H,3-5H2,1-2H3. The third-order valence-corrected chi connectivity index (χ3v) is 4.22. The maximum atomic E-state index is 11.8. The number of carbonyl (C=O) groups is 1. The van der Waals surface area contributed by atoms with Crippen LogP contribution in [0.2, 0.25) is 0 Å². The Kier molecular flexibility index (Phi) is 3.50. The highest BCUT2D eigenvalue weighted by molar-refractivity contribution is 7.09. The Balaban J connectivity index is 2.10. The number of halogens is 1. The maximum absolute atomic E-state index is 11.8. The van der Waals surface area contributed by atoms with Gasteiger partial charge in [-0.15, -0.1) is 22.9 Å². The minimum atomic E-state index is 0.0747. The van der Waals surface area contributed by atoms with Crippen LogP contribution in [0, 0.1) is 12.8 Å². The van der Waals surface area contributed by atoms with Gasteiger partial charge in [0.2, 0.25) is 5.91 Å². The summed E-state index contributed by atoms with van der Waals surface area (Å²) in [5, 5.41) is 3.07. The Morgan fingerprint density at radius 1 is 1.75 bits per heavy atom. The van der Waals surface area contributed by atoms with Crippen molar-refractivity contribution in [2.75, 3.05) is 12.4 Å². The molecule has 1 aromatic rings. The fourth-order valence-electron chi connectivity index (χ4n) is 2.02. The van der Waals surface area contributed by atoms with E-state index in [-0.39, 0.29) is 11.9 Å². The lowest BCUT2D eigenvalue weighted by Gasteiger charge is -2.23. The van der Waals surface area contributed by atoms with Gasteiger partial charge in [0.25, 0.3) is 0 Å². The first-order valence-electron chi connectivity index (χ1n) is 5.39. The zero-order valence-electron chi connectivity index (χ0n) is 9.44. The molecule has 5 heteroatoms. The summed E-state index contributed by atoms with van der Waals surface area (Å²) >= 11 is 7.42. The van der Waals surface area contributed by atoms with Crippen LogP contribution in [0.4, 0.5) is 0 Å². The number of likely N-dealkylation sites (tertiary alicyclic amines) is 1. The van der Waals surface area contributed by atoms with Gasteiger partial charge in [0, 0.05) is 24.2 Å². The molecule has 0 saturated carbocycles. The van der Waals surface area contributed by atoms with E-state index in [1.54, 1.807) is 11.3 Å². The number of aromatic nitrogens is 1. The van der Waals surface area contributed by atoms with E-state index < -0.39 is 0 Å². The smallest absolute Gasteiger partial charge is 0.223 e. The van der Waals surface area contributed by atoms with Crippen LogP contribution in [0.15, 0.2) is 5.38 Å². The second-order valence-electron chi connectivity index (χ2n) is 4.24. The van der Waals surface area contributed by atoms with Crippen molar-refractivity contribution in [3.05, 3.63) is 16.1 Å². The van der Waals surface area contributed by atoms with Crippen LogP contribution >= 0.6 is 22.9 Å². The Hall–Kier alpha value is -0.610. The van der Waals surface area contributed by atoms with Crippen molar-refractivity contribution in [3.8, 4) is 0 Å². The lowest BCUT2D eigenvalue weighted by Crippen LogP contribution is -2.28. The van der Waals surface area contributed by atoms with E-state index in [4.69, 9.17) is 11.6 Å². The molecule has 2 atom stereocenters. The Labute approximate surface area is 104 Å². The molecule has 0 radical (unpaired) electrons. The molecule has 2 heterocycles. The molecule has 1 saturated heterocycles. The SMILES string of the molecule is Cc1nc(C(C)N2CC(CCl)CC2=O)cs1. The van der Waals surface area contributed by atoms with Crippen LogP contribution in [0.3, 0.4) is 0 Å². The Morgan fingerprint density at radius 2 is 2.50 bits per heavy atom. The van der Waals surface area contributed by atoms with Gasteiger partial charge in [-0.1, -0.05) is 0 Å². The number of thiazole rings is 1. The van der Waals surface area contributed by atoms with Gasteiger partial charge < -0.3 is 4.90 Å². The highest BCUT2D eigenvalue weighted by atomic mass is 35.5. The molecule has 1 aliphatic heterocycles. The van der Waals surface area contributed by atoms with Crippen molar-refractivity contribution in [2.24, 2.45) is 5.92 Å². The molecule has 0 aliphatic carbocycles. The van der Waals surface area contributed by atoms with E-state index in [2.05, 4.69) is 4.98 Å². The second kappa shape index (κ2) is 4.72. The van der Waals surface area contributed by atoms with E-state index in [0.29, 0.717) is 18.2 Å². The molecule has 2 rings (SSSR count). The third kappa shape index (κ3) is 2.23. The molecule has 0 spiro atoms. The Morgan fingerprint density at radius 3 is 3.00 bits per heavy atom. The summed E-state index contributed by atoms with van der Waals surface area (Å²) in [6.45, 7) is 4.78. The number of hydrogen-bond acceptors (Lipinski definition) is 3. The van der Waals surface area contributed by atoms with E-state index in [9.17, 15) is 4.79 Å². The second-order valence-corrected chi connectivity index (χ2v) is 5.61. The zero-order chi connectivity index (χ0) is 11.7. The van der Waals surface area contributed by atoms with Crippen molar-refractivity contribution in [3.63, 3.8) is 0 Å². The average Bonchev–Trinajstić information content (AvgIpc) is 2.83. The monoisotopic (exact) mass is 258 g/mol. The molecule has 88 valence electrons. The first-order chi connectivity index (χ1) is 7.61. The van der Waals surface area contributed by atoms with Crippen molar-refractivity contribution in [1.82, 2.24) is 9.88 Å². The molecule has 0 N–H and O–H groups in total. The molecule has 1 amide bonds. The fraction of sp³-hybridized carbons (Fsp3) is 0.636. The lowest BCUT2D eigenvalue weighted by molar-refractivity contribution is -0.129. The quantitative estimate of drug-likeness (QED) is 0.781. The predicted molar refractivity (Wildman–Crippen MR) is 65.8 cm³/mol. The van der Waals surface area contributed by atoms with Gasteiger partial charge in [-0.2, -0.15) is 0 Å². The highest BCUT2D eigenvalue weighted by Gasteiger charge is 2.33. The van der Waals surface area contributed by atoms with Crippen LogP contribution in [0.5, 0.6) is 0 Å². The number of rotatable bonds is 3. The minimum absolute atomic E-state index is 0.0747. The predicted octanol–water partition coefficient (Wildman–Crippen LogP) is 2.60. The van der Waals surface area contributed by atoms with Crippen LogP contribution in [0.1, 0.15) is 30.1 Å². The number of nitrogens with zero attached hydrogens (tertiary/aromatic N) is 2. The van der Waals surface area contributed by atoms with Crippen molar-refractivity contribution in [1.29, 1.82) is 0 Å². The molecular formula is C11H15ClN2OS. The van der Waals surface area contributed by atoms with Gasteiger partial charge in [-0.05, 0) is 19.8 Å². The van der Waals surface area contributed by atoms with Gasteiger partial charge in [-0.25, -0.2) is 4.98 Å². The number of carbonyl (C=O) groups excluding carboxylic acids is 1. The van der Waals surface area contributed by atoms with Crippen LogP contribution in [-0.4, -0.2) is 28.2 Å². The van der Waals surface area contributed by atoms with E-state index in [1.807, 2.05) is 24.1 Å². The summed E-state index contributed by atoms with van der Waals surface area (Å²) in [5.41, 5.74) is 0.992. The van der Waals surface area contributed by atoms with Gasteiger partial charge >= 0.3 is 0 Å². The van der Waals surface area contributed by atoms with E-state index in [0.717, 1.165) is 17.2 Å². The Bertz CT molecular complexity index is 393. The van der Waals surface area contributed by atoms with Crippen LogP contribution in [-0.2, 0) is 4.79 Å². The number of hydrogen-bond donors (Lipinski definition) is 0.